The molecule has 0 amide bonds. The third-order valence-corrected chi connectivity index (χ3v) is 3.83. The topological polar surface area (TPSA) is 45.7 Å². The minimum Gasteiger partial charge on any atom is -0.496 e. The van der Waals surface area contributed by atoms with Gasteiger partial charge in [0.25, 0.3) is 0 Å². The maximum Gasteiger partial charge on any atom is 0.191 e. The summed E-state index contributed by atoms with van der Waals surface area (Å²) in [5.41, 5.74) is 2.33. The molecule has 0 aliphatic rings. The van der Waals surface area contributed by atoms with Gasteiger partial charge in [0.1, 0.15) is 5.75 Å². The van der Waals surface area contributed by atoms with Crippen molar-refractivity contribution in [2.45, 2.75) is 40.2 Å². The molecule has 0 saturated heterocycles. The molecule has 0 unspecified atom stereocenters. The molecule has 2 N–H and O–H groups in total. The van der Waals surface area contributed by atoms with Gasteiger partial charge in [0.2, 0.25) is 0 Å². The highest BCUT2D eigenvalue weighted by Gasteiger charge is 2.07. The SMILES string of the molecule is CCC(CC)CNC(=NC)NCc1ccc(C)cc1OC.I. The van der Waals surface area contributed by atoms with E-state index >= 15 is 0 Å². The quantitative estimate of drug-likeness (QED) is 0.402. The van der Waals surface area contributed by atoms with Crippen LogP contribution in [0.15, 0.2) is 23.2 Å². The Kier molecular flexibility index (Phi) is 11.1. The number of hydrogen-bond donors (Lipinski definition) is 2. The van der Waals surface area contributed by atoms with Crippen molar-refractivity contribution in [2.24, 2.45) is 10.9 Å². The van der Waals surface area contributed by atoms with E-state index < -0.39 is 0 Å². The Bertz CT molecular complexity index is 459. The van der Waals surface area contributed by atoms with Gasteiger partial charge < -0.3 is 15.4 Å². The van der Waals surface area contributed by atoms with Crippen LogP contribution in [0, 0.1) is 12.8 Å². The molecule has 0 aliphatic carbocycles. The second kappa shape index (κ2) is 11.6. The molecule has 0 atom stereocenters. The Hall–Kier alpha value is -0.980. The molecule has 4 nitrogen and oxygen atoms in total. The van der Waals surface area contributed by atoms with Crippen molar-refractivity contribution < 1.29 is 4.74 Å². The molecule has 0 fully saturated rings. The zero-order valence-corrected chi connectivity index (χ0v) is 16.7. The van der Waals surface area contributed by atoms with Crippen LogP contribution < -0.4 is 15.4 Å². The van der Waals surface area contributed by atoms with Gasteiger partial charge in [-0.1, -0.05) is 38.8 Å². The first-order valence-electron chi connectivity index (χ1n) is 7.72. The number of aryl methyl sites for hydroxylation is 1. The van der Waals surface area contributed by atoms with Gasteiger partial charge in [0.05, 0.1) is 7.11 Å². The molecule has 22 heavy (non-hydrogen) atoms. The number of halogens is 1. The van der Waals surface area contributed by atoms with Crippen LogP contribution in [0.4, 0.5) is 0 Å². The fraction of sp³-hybridized carbons (Fsp3) is 0.588. The van der Waals surface area contributed by atoms with Gasteiger partial charge in [0, 0.05) is 25.7 Å². The third kappa shape index (κ3) is 6.85. The monoisotopic (exact) mass is 419 g/mol. The number of benzene rings is 1. The van der Waals surface area contributed by atoms with Crippen LogP contribution in [-0.4, -0.2) is 26.7 Å². The summed E-state index contributed by atoms with van der Waals surface area (Å²) in [6.07, 6.45) is 2.37. The van der Waals surface area contributed by atoms with Gasteiger partial charge in [-0.05, 0) is 24.5 Å². The van der Waals surface area contributed by atoms with E-state index in [9.17, 15) is 0 Å². The Morgan fingerprint density at radius 2 is 1.91 bits per heavy atom. The van der Waals surface area contributed by atoms with Crippen molar-refractivity contribution >= 4 is 29.9 Å². The maximum absolute atomic E-state index is 5.42. The summed E-state index contributed by atoms with van der Waals surface area (Å²) in [6.45, 7) is 8.17. The summed E-state index contributed by atoms with van der Waals surface area (Å²) in [4.78, 5) is 4.27. The number of guanidine groups is 1. The largest absolute Gasteiger partial charge is 0.496 e. The smallest absolute Gasteiger partial charge is 0.191 e. The molecular weight excluding hydrogens is 389 g/mol. The van der Waals surface area contributed by atoms with E-state index in [-0.39, 0.29) is 24.0 Å². The molecule has 0 spiro atoms. The normalized spacial score (nSPS) is 11.1. The number of methoxy groups -OCH3 is 1. The van der Waals surface area contributed by atoms with E-state index in [0.29, 0.717) is 12.5 Å². The molecule has 126 valence electrons. The average Bonchev–Trinajstić information content (AvgIpc) is 2.51. The van der Waals surface area contributed by atoms with E-state index in [2.05, 4.69) is 54.6 Å². The Balaban J connectivity index is 0.00000441. The Morgan fingerprint density at radius 3 is 2.45 bits per heavy atom. The van der Waals surface area contributed by atoms with Gasteiger partial charge in [-0.3, -0.25) is 4.99 Å². The van der Waals surface area contributed by atoms with Crippen LogP contribution in [0.5, 0.6) is 5.75 Å². The highest BCUT2D eigenvalue weighted by Crippen LogP contribution is 2.19. The molecule has 0 heterocycles. The lowest BCUT2D eigenvalue weighted by Gasteiger charge is -2.17. The van der Waals surface area contributed by atoms with Crippen LogP contribution in [0.3, 0.4) is 0 Å². The maximum atomic E-state index is 5.42. The van der Waals surface area contributed by atoms with Crippen LogP contribution in [-0.2, 0) is 6.54 Å². The molecular formula is C17H30IN3O. The number of aliphatic imine (C=N–C) groups is 1. The highest BCUT2D eigenvalue weighted by atomic mass is 127. The molecule has 0 bridgehead atoms. The molecule has 1 aromatic rings. The average molecular weight is 419 g/mol. The van der Waals surface area contributed by atoms with Gasteiger partial charge in [-0.2, -0.15) is 0 Å². The highest BCUT2D eigenvalue weighted by molar-refractivity contribution is 14.0. The van der Waals surface area contributed by atoms with Crippen LogP contribution >= 0.6 is 24.0 Å². The predicted molar refractivity (Wildman–Crippen MR) is 105 cm³/mol. The first-order valence-corrected chi connectivity index (χ1v) is 7.72. The summed E-state index contributed by atoms with van der Waals surface area (Å²) >= 11 is 0. The van der Waals surface area contributed by atoms with Gasteiger partial charge in [-0.25, -0.2) is 0 Å². The van der Waals surface area contributed by atoms with Crippen molar-refractivity contribution in [2.75, 3.05) is 20.7 Å². The van der Waals surface area contributed by atoms with Crippen molar-refractivity contribution in [3.05, 3.63) is 29.3 Å². The molecule has 0 aliphatic heterocycles. The predicted octanol–water partition coefficient (Wildman–Crippen LogP) is 3.72. The third-order valence-electron chi connectivity index (χ3n) is 3.83. The fourth-order valence-corrected chi connectivity index (χ4v) is 2.22. The summed E-state index contributed by atoms with van der Waals surface area (Å²) < 4.78 is 5.42. The first kappa shape index (κ1) is 21.0. The van der Waals surface area contributed by atoms with E-state index in [1.807, 2.05) is 0 Å². The van der Waals surface area contributed by atoms with Crippen LogP contribution in [0.1, 0.15) is 37.8 Å². The second-order valence-corrected chi connectivity index (χ2v) is 5.30. The lowest BCUT2D eigenvalue weighted by Crippen LogP contribution is -2.39. The van der Waals surface area contributed by atoms with Crippen LogP contribution in [0.25, 0.3) is 0 Å². The lowest BCUT2D eigenvalue weighted by molar-refractivity contribution is 0.408. The number of rotatable bonds is 7. The van der Waals surface area contributed by atoms with Crippen molar-refractivity contribution in [3.63, 3.8) is 0 Å². The standard InChI is InChI=1S/C17H29N3O.HI/c1-6-14(7-2)11-19-17(18-4)20-12-15-9-8-13(3)10-16(15)21-5;/h8-10,14H,6-7,11-12H2,1-5H3,(H2,18,19,20);1H. The van der Waals surface area contributed by atoms with Crippen molar-refractivity contribution in [1.29, 1.82) is 0 Å². The molecule has 0 saturated carbocycles. The van der Waals surface area contributed by atoms with E-state index in [1.54, 1.807) is 14.2 Å². The molecule has 0 aromatic heterocycles. The minimum absolute atomic E-state index is 0. The number of ether oxygens (including phenoxy) is 1. The number of nitrogens with one attached hydrogen (secondary N) is 2. The van der Waals surface area contributed by atoms with E-state index in [1.165, 1.54) is 18.4 Å². The van der Waals surface area contributed by atoms with Gasteiger partial charge in [-0.15, -0.1) is 24.0 Å². The van der Waals surface area contributed by atoms with Gasteiger partial charge in [0.15, 0.2) is 5.96 Å². The van der Waals surface area contributed by atoms with E-state index in [4.69, 9.17) is 4.74 Å². The summed E-state index contributed by atoms with van der Waals surface area (Å²) in [5.74, 6) is 2.44. The Labute approximate surface area is 152 Å². The molecule has 1 aromatic carbocycles. The van der Waals surface area contributed by atoms with Crippen molar-refractivity contribution in [1.82, 2.24) is 10.6 Å². The summed E-state index contributed by atoms with van der Waals surface area (Å²) in [7, 11) is 3.51. The molecule has 1 rings (SSSR count). The van der Waals surface area contributed by atoms with Gasteiger partial charge >= 0.3 is 0 Å². The lowest BCUT2D eigenvalue weighted by atomic mass is 10.0. The minimum atomic E-state index is 0. The van der Waals surface area contributed by atoms with Crippen LogP contribution in [0.2, 0.25) is 0 Å². The first-order chi connectivity index (χ1) is 10.1. The van der Waals surface area contributed by atoms with E-state index in [0.717, 1.165) is 23.8 Å². The summed E-state index contributed by atoms with van der Waals surface area (Å²) in [6, 6.07) is 6.24. The zero-order chi connectivity index (χ0) is 15.7. The Morgan fingerprint density at radius 1 is 1.23 bits per heavy atom. The van der Waals surface area contributed by atoms with Crippen molar-refractivity contribution in [3.8, 4) is 5.75 Å². The number of nitrogens with zero attached hydrogens (tertiary/aromatic N) is 1. The molecule has 5 heteroatoms. The number of hydrogen-bond acceptors (Lipinski definition) is 2. The fourth-order valence-electron chi connectivity index (χ4n) is 2.22. The zero-order valence-electron chi connectivity index (χ0n) is 14.4. The summed E-state index contributed by atoms with van der Waals surface area (Å²) in [5, 5.41) is 6.73. The second-order valence-electron chi connectivity index (χ2n) is 5.30. The molecule has 0 radical (unpaired) electrons.